The monoisotopic (exact) mass is 455 g/mol. The molecule has 166 valence electrons. The van der Waals surface area contributed by atoms with Crippen molar-refractivity contribution in [2.45, 2.75) is 42.9 Å². The van der Waals surface area contributed by atoms with Crippen LogP contribution in [0.3, 0.4) is 0 Å². The maximum absolute atomic E-state index is 13.2. The van der Waals surface area contributed by atoms with Gasteiger partial charge in [0, 0.05) is 6.04 Å². The Balaban J connectivity index is 1.75. The quantitative estimate of drug-likeness (QED) is 0.597. The van der Waals surface area contributed by atoms with Gasteiger partial charge in [-0.1, -0.05) is 24.3 Å². The molecule has 3 N–H and O–H groups in total. The molecular weight excluding hydrogens is 435 g/mol. The number of sulfonamides is 1. The molecule has 0 aliphatic heterocycles. The highest BCUT2D eigenvalue weighted by atomic mass is 32.2. The molecule has 1 saturated carbocycles. The molecule has 0 bridgehead atoms. The summed E-state index contributed by atoms with van der Waals surface area (Å²) in [6, 6.07) is 8.53. The van der Waals surface area contributed by atoms with Crippen molar-refractivity contribution in [3.8, 4) is 0 Å². The van der Waals surface area contributed by atoms with Gasteiger partial charge in [0.2, 0.25) is 15.9 Å². The zero-order chi connectivity index (χ0) is 22.8. The van der Waals surface area contributed by atoms with Gasteiger partial charge >= 0.3 is 6.18 Å². The van der Waals surface area contributed by atoms with Crippen molar-refractivity contribution in [2.24, 2.45) is 0 Å². The van der Waals surface area contributed by atoms with Gasteiger partial charge in [0.05, 0.1) is 27.8 Å². The fourth-order valence-electron chi connectivity index (χ4n) is 2.81. The Labute approximate surface area is 177 Å². The average molecular weight is 455 g/mol. The van der Waals surface area contributed by atoms with E-state index < -0.39 is 38.6 Å². The van der Waals surface area contributed by atoms with Gasteiger partial charge in [-0.25, -0.2) is 8.42 Å². The molecular formula is C20H20F3N3O4S. The maximum atomic E-state index is 13.2. The van der Waals surface area contributed by atoms with Crippen LogP contribution in [0.2, 0.25) is 0 Å². The third-order valence-electron chi connectivity index (χ3n) is 4.55. The molecule has 2 aromatic rings. The van der Waals surface area contributed by atoms with Crippen molar-refractivity contribution >= 4 is 27.5 Å². The van der Waals surface area contributed by atoms with Crippen LogP contribution in [0.4, 0.5) is 18.9 Å². The number of hydrogen-bond acceptors (Lipinski definition) is 4. The van der Waals surface area contributed by atoms with Crippen molar-refractivity contribution in [3.63, 3.8) is 0 Å². The van der Waals surface area contributed by atoms with Crippen LogP contribution in [0.5, 0.6) is 0 Å². The number of rotatable bonds is 7. The molecule has 31 heavy (non-hydrogen) atoms. The normalized spacial score (nSPS) is 15.2. The van der Waals surface area contributed by atoms with Gasteiger partial charge in [0.25, 0.3) is 5.91 Å². The Morgan fingerprint density at radius 3 is 2.29 bits per heavy atom. The lowest BCUT2D eigenvalue weighted by Crippen LogP contribution is -2.42. The van der Waals surface area contributed by atoms with Gasteiger partial charge in [-0.2, -0.15) is 17.9 Å². The number of nitrogens with one attached hydrogen (secondary N) is 3. The van der Waals surface area contributed by atoms with Crippen molar-refractivity contribution in [1.29, 1.82) is 0 Å². The summed E-state index contributed by atoms with van der Waals surface area (Å²) in [5.41, 5.74) is -0.982. The number of para-hydroxylation sites is 1. The van der Waals surface area contributed by atoms with Crippen LogP contribution in [-0.2, 0) is 21.0 Å². The molecule has 1 aliphatic rings. The summed E-state index contributed by atoms with van der Waals surface area (Å²) in [5, 5.41) is 5.24. The SMILES string of the molecule is CC(NS(=O)(=O)c1ccccc1C(F)(F)F)C(=O)Nc1ccccc1C(=O)NC1CC1. The molecule has 1 atom stereocenters. The van der Waals surface area contributed by atoms with E-state index >= 15 is 0 Å². The zero-order valence-corrected chi connectivity index (χ0v) is 17.2. The highest BCUT2D eigenvalue weighted by Crippen LogP contribution is 2.34. The van der Waals surface area contributed by atoms with Crippen LogP contribution in [0, 0.1) is 0 Å². The molecule has 3 rings (SSSR count). The summed E-state index contributed by atoms with van der Waals surface area (Å²) in [7, 11) is -4.65. The number of carbonyl (C=O) groups excluding carboxylic acids is 2. The molecule has 2 aromatic carbocycles. The molecule has 0 radical (unpaired) electrons. The number of halogens is 3. The van der Waals surface area contributed by atoms with E-state index in [0.29, 0.717) is 6.07 Å². The summed E-state index contributed by atoms with van der Waals surface area (Å²) in [4.78, 5) is 23.9. The predicted molar refractivity (Wildman–Crippen MR) is 107 cm³/mol. The highest BCUT2D eigenvalue weighted by Gasteiger charge is 2.37. The number of benzene rings is 2. The minimum atomic E-state index is -4.88. The molecule has 1 fully saturated rings. The summed E-state index contributed by atoms with van der Waals surface area (Å²) in [6.07, 6.45) is -3.14. The molecule has 7 nitrogen and oxygen atoms in total. The van der Waals surface area contributed by atoms with E-state index in [1.165, 1.54) is 19.1 Å². The van der Waals surface area contributed by atoms with Crippen molar-refractivity contribution in [3.05, 3.63) is 59.7 Å². The van der Waals surface area contributed by atoms with Crippen LogP contribution >= 0.6 is 0 Å². The van der Waals surface area contributed by atoms with E-state index in [1.54, 1.807) is 12.1 Å². The fourth-order valence-corrected chi connectivity index (χ4v) is 4.24. The summed E-state index contributed by atoms with van der Waals surface area (Å²) < 4.78 is 66.5. The van der Waals surface area contributed by atoms with Crippen LogP contribution < -0.4 is 15.4 Å². The van der Waals surface area contributed by atoms with Gasteiger partial charge in [-0.3, -0.25) is 9.59 Å². The van der Waals surface area contributed by atoms with Gasteiger partial charge < -0.3 is 10.6 Å². The fraction of sp³-hybridized carbons (Fsp3) is 0.300. The molecule has 0 aromatic heterocycles. The predicted octanol–water partition coefficient (Wildman–Crippen LogP) is 2.90. The Kier molecular flexibility index (Phi) is 6.37. The Hall–Kier alpha value is -2.92. The first kappa shape index (κ1) is 22.8. The molecule has 11 heteroatoms. The topological polar surface area (TPSA) is 104 Å². The number of anilines is 1. The standard InChI is InChI=1S/C20H20F3N3O4S/c1-12(26-31(29,30)17-9-5-3-7-15(17)20(21,22)23)18(27)25-16-8-4-2-6-14(16)19(28)24-13-10-11-13/h2-9,12-13,26H,10-11H2,1H3,(H,24,28)(H,25,27). The molecule has 0 heterocycles. The number of carbonyl (C=O) groups is 2. The van der Waals surface area contributed by atoms with E-state index in [1.807, 2.05) is 4.72 Å². The molecule has 1 aliphatic carbocycles. The van der Waals surface area contributed by atoms with Crippen LogP contribution in [0.1, 0.15) is 35.7 Å². The van der Waals surface area contributed by atoms with Gasteiger partial charge in [0.1, 0.15) is 0 Å². The summed E-state index contributed by atoms with van der Waals surface area (Å²) >= 11 is 0. The van der Waals surface area contributed by atoms with Crippen LogP contribution in [-0.4, -0.2) is 32.3 Å². The zero-order valence-electron chi connectivity index (χ0n) is 16.4. The lowest BCUT2D eigenvalue weighted by atomic mass is 10.1. The van der Waals surface area contributed by atoms with E-state index in [2.05, 4.69) is 10.6 Å². The van der Waals surface area contributed by atoms with Crippen molar-refractivity contribution in [1.82, 2.24) is 10.0 Å². The van der Waals surface area contributed by atoms with Gasteiger partial charge in [0.15, 0.2) is 0 Å². The van der Waals surface area contributed by atoms with E-state index in [0.717, 1.165) is 31.0 Å². The Bertz CT molecular complexity index is 1100. The van der Waals surface area contributed by atoms with Crippen molar-refractivity contribution in [2.75, 3.05) is 5.32 Å². The smallest absolute Gasteiger partial charge is 0.349 e. The van der Waals surface area contributed by atoms with Crippen molar-refractivity contribution < 1.29 is 31.2 Å². The van der Waals surface area contributed by atoms with Crippen LogP contribution in [0.15, 0.2) is 53.4 Å². The van der Waals surface area contributed by atoms with E-state index in [-0.39, 0.29) is 23.2 Å². The molecule has 0 spiro atoms. The number of amides is 2. The Morgan fingerprint density at radius 1 is 1.03 bits per heavy atom. The number of alkyl halides is 3. The van der Waals surface area contributed by atoms with E-state index in [9.17, 15) is 31.2 Å². The molecule has 2 amide bonds. The minimum absolute atomic E-state index is 0.0932. The third kappa shape index (κ3) is 5.61. The highest BCUT2D eigenvalue weighted by molar-refractivity contribution is 7.89. The maximum Gasteiger partial charge on any atom is 0.417 e. The third-order valence-corrected chi connectivity index (χ3v) is 6.15. The van der Waals surface area contributed by atoms with Gasteiger partial charge in [-0.15, -0.1) is 0 Å². The molecule has 1 unspecified atom stereocenters. The first-order valence-corrected chi connectivity index (χ1v) is 10.9. The summed E-state index contributed by atoms with van der Waals surface area (Å²) in [6.45, 7) is 1.19. The first-order chi connectivity index (χ1) is 14.5. The minimum Gasteiger partial charge on any atom is -0.349 e. The lowest BCUT2D eigenvalue weighted by molar-refractivity contribution is -0.139. The number of hydrogen-bond donors (Lipinski definition) is 3. The summed E-state index contributed by atoms with van der Waals surface area (Å²) in [5.74, 6) is -1.22. The van der Waals surface area contributed by atoms with Gasteiger partial charge in [-0.05, 0) is 44.0 Å². The first-order valence-electron chi connectivity index (χ1n) is 9.38. The Morgan fingerprint density at radius 2 is 1.65 bits per heavy atom. The second kappa shape index (κ2) is 8.67. The molecule has 0 saturated heterocycles. The van der Waals surface area contributed by atoms with Crippen LogP contribution in [0.25, 0.3) is 0 Å². The van der Waals surface area contributed by atoms with E-state index in [4.69, 9.17) is 0 Å². The largest absolute Gasteiger partial charge is 0.417 e. The second-order valence-electron chi connectivity index (χ2n) is 7.12. The lowest BCUT2D eigenvalue weighted by Gasteiger charge is -2.18. The second-order valence-corrected chi connectivity index (χ2v) is 8.80. The average Bonchev–Trinajstić information content (AvgIpc) is 3.51.